The minimum Gasteiger partial charge on any atom is -0.489 e. The van der Waals surface area contributed by atoms with Gasteiger partial charge in [0.1, 0.15) is 36.5 Å². The van der Waals surface area contributed by atoms with E-state index in [4.69, 9.17) is 9.47 Å². The average molecular weight is 884 g/mol. The van der Waals surface area contributed by atoms with Gasteiger partial charge in [-0.25, -0.2) is 4.98 Å². The van der Waals surface area contributed by atoms with E-state index >= 15 is 0 Å². The quantitative estimate of drug-likeness (QED) is 0.0595. The first-order chi connectivity index (χ1) is 31.6. The number of imidazole rings is 1. The number of likely N-dealkylation sites (N-methyl/N-ethyl adjacent to an activating group) is 1. The van der Waals surface area contributed by atoms with Crippen LogP contribution < -0.4 is 31.3 Å². The Labute approximate surface area is 381 Å². The summed E-state index contributed by atoms with van der Waals surface area (Å²) in [5.41, 5.74) is 4.24. The van der Waals surface area contributed by atoms with Crippen molar-refractivity contribution in [2.45, 2.75) is 103 Å². The topological polar surface area (TPSA) is 182 Å². The van der Waals surface area contributed by atoms with Crippen LogP contribution >= 0.6 is 0 Å². The molecule has 1 saturated carbocycles. The van der Waals surface area contributed by atoms with Gasteiger partial charge < -0.3 is 40.6 Å². The molecule has 65 heavy (non-hydrogen) atoms. The van der Waals surface area contributed by atoms with E-state index in [1.807, 2.05) is 114 Å². The summed E-state index contributed by atoms with van der Waals surface area (Å²) in [4.78, 5) is 73.8. The molecule has 5 aromatic rings. The molecule has 342 valence electrons. The molecule has 4 aromatic carbocycles. The second kappa shape index (κ2) is 24.9. The van der Waals surface area contributed by atoms with Crippen LogP contribution in [0.2, 0.25) is 0 Å². The van der Waals surface area contributed by atoms with Gasteiger partial charge in [0.2, 0.25) is 29.5 Å². The second-order valence-electron chi connectivity index (χ2n) is 16.5. The highest BCUT2D eigenvalue weighted by Crippen LogP contribution is 2.24. The largest absolute Gasteiger partial charge is 0.489 e. The van der Waals surface area contributed by atoms with Crippen LogP contribution in [-0.2, 0) is 61.3 Å². The number of amides is 5. The fourth-order valence-electron chi connectivity index (χ4n) is 7.68. The van der Waals surface area contributed by atoms with Crippen molar-refractivity contribution in [2.75, 3.05) is 13.2 Å². The number of aromatic nitrogens is 2. The number of nitrogens with one attached hydrogen (secondary N) is 5. The molecule has 0 saturated heterocycles. The van der Waals surface area contributed by atoms with E-state index in [1.165, 1.54) is 0 Å². The maximum Gasteiger partial charge on any atom is 0.245 e. The maximum absolute atomic E-state index is 14.6. The molecular formula is C51H61N7O7. The summed E-state index contributed by atoms with van der Waals surface area (Å²) < 4.78 is 13.9. The zero-order chi connectivity index (χ0) is 45.8. The molecule has 0 unspecified atom stereocenters. The predicted molar refractivity (Wildman–Crippen MR) is 247 cm³/mol. The van der Waals surface area contributed by atoms with Gasteiger partial charge in [-0.05, 0) is 61.1 Å². The summed E-state index contributed by atoms with van der Waals surface area (Å²) in [6.07, 6.45) is 8.04. The van der Waals surface area contributed by atoms with E-state index in [2.05, 4.69) is 31.6 Å². The minimum absolute atomic E-state index is 0.0278. The Hall–Kier alpha value is -6.80. The summed E-state index contributed by atoms with van der Waals surface area (Å²) in [5.74, 6) is -2.10. The highest BCUT2D eigenvalue weighted by Gasteiger charge is 2.33. The van der Waals surface area contributed by atoms with Crippen molar-refractivity contribution in [2.24, 2.45) is 5.92 Å². The molecule has 1 aliphatic rings. The van der Waals surface area contributed by atoms with Gasteiger partial charge in [-0.2, -0.15) is 0 Å². The monoisotopic (exact) mass is 883 g/mol. The first-order valence-corrected chi connectivity index (χ1v) is 22.5. The fraction of sp³-hybridized carbons (Fsp3) is 0.373. The third-order valence-electron chi connectivity index (χ3n) is 11.3. The highest BCUT2D eigenvalue weighted by atomic mass is 16.5. The lowest BCUT2D eigenvalue weighted by atomic mass is 9.88. The van der Waals surface area contributed by atoms with Crippen molar-refractivity contribution >= 4 is 29.5 Å². The molecule has 1 heterocycles. The van der Waals surface area contributed by atoms with E-state index < -0.39 is 41.9 Å². The van der Waals surface area contributed by atoms with E-state index in [9.17, 15) is 24.0 Å². The van der Waals surface area contributed by atoms with Gasteiger partial charge in [0.05, 0.1) is 25.2 Å². The fourth-order valence-corrected chi connectivity index (χ4v) is 7.68. The average Bonchev–Trinajstić information content (AvgIpc) is 3.77. The Morgan fingerprint density at radius 2 is 1.20 bits per heavy atom. The van der Waals surface area contributed by atoms with Crippen molar-refractivity contribution in [3.05, 3.63) is 156 Å². The van der Waals surface area contributed by atoms with Crippen molar-refractivity contribution in [3.63, 3.8) is 0 Å². The summed E-state index contributed by atoms with van der Waals surface area (Å²) in [6.45, 7) is 4.58. The van der Waals surface area contributed by atoms with Gasteiger partial charge in [-0.1, -0.05) is 122 Å². The van der Waals surface area contributed by atoms with Crippen LogP contribution in [-0.4, -0.2) is 76.4 Å². The SMILES string of the molecule is CCNC(=O)[C@@H](C)NC(=O)[C@H](COCc1ccccc1)NC(=O)[C@H](Cc1ccc(OCc2ccccc2)cc1)NC(=O)[C@H](Cc1cn(Cc2ccccc2)cn1)NC(=O)C1CCCCC1. The van der Waals surface area contributed by atoms with E-state index in [0.717, 1.165) is 48.8 Å². The standard InChI is InChI=1S/C51H61N7O7/c1-3-52-47(59)36(2)54-51(63)46(34-64-32-39-18-10-5-11-19-39)57-49(61)44(28-37-24-26-43(27-25-37)65-33-40-20-12-6-13-21-40)56-50(62)45(55-48(60)41-22-14-7-15-23-41)29-42-31-58(35-53-42)30-38-16-8-4-9-17-38/h4-6,8-13,16-21,24-27,31,35-36,41,44-46H,3,7,14-15,22-23,28-30,32-34H2,1-2H3,(H,52,59)(H,54,63)(H,55,60)(H,56,62)(H,57,61)/t36-,44+,45+,46+/m1/s1. The summed E-state index contributed by atoms with van der Waals surface area (Å²) >= 11 is 0. The van der Waals surface area contributed by atoms with Gasteiger partial charge in [-0.3, -0.25) is 24.0 Å². The Morgan fingerprint density at radius 1 is 0.631 bits per heavy atom. The van der Waals surface area contributed by atoms with Gasteiger partial charge in [0.25, 0.3) is 0 Å². The second-order valence-corrected chi connectivity index (χ2v) is 16.5. The summed E-state index contributed by atoms with van der Waals surface area (Å²) in [7, 11) is 0. The Balaban J connectivity index is 1.24. The number of carbonyl (C=O) groups is 5. The number of ether oxygens (including phenoxy) is 2. The number of hydrogen-bond acceptors (Lipinski definition) is 8. The molecule has 14 heteroatoms. The van der Waals surface area contributed by atoms with Crippen LogP contribution in [0.5, 0.6) is 5.75 Å². The van der Waals surface area contributed by atoms with Crippen molar-refractivity contribution < 1.29 is 33.4 Å². The molecule has 5 amide bonds. The zero-order valence-corrected chi connectivity index (χ0v) is 37.2. The lowest BCUT2D eigenvalue weighted by Gasteiger charge is -2.27. The van der Waals surface area contributed by atoms with Gasteiger partial charge >= 0.3 is 0 Å². The molecule has 6 rings (SSSR count). The Morgan fingerprint density at radius 3 is 1.83 bits per heavy atom. The van der Waals surface area contributed by atoms with E-state index in [-0.39, 0.29) is 43.8 Å². The highest BCUT2D eigenvalue weighted by molar-refractivity contribution is 5.96. The number of benzene rings is 4. The first kappa shape index (κ1) is 47.7. The van der Waals surface area contributed by atoms with Crippen molar-refractivity contribution in [1.29, 1.82) is 0 Å². The molecule has 1 fully saturated rings. The number of nitrogens with zero attached hydrogens (tertiary/aromatic N) is 2. The maximum atomic E-state index is 14.6. The Bertz CT molecular complexity index is 2270. The minimum atomic E-state index is -1.24. The van der Waals surface area contributed by atoms with Crippen LogP contribution in [0.4, 0.5) is 0 Å². The van der Waals surface area contributed by atoms with Crippen LogP contribution in [0.25, 0.3) is 0 Å². The number of hydrogen-bond donors (Lipinski definition) is 5. The van der Waals surface area contributed by atoms with Gasteiger partial charge in [-0.15, -0.1) is 0 Å². The molecule has 0 spiro atoms. The predicted octanol–water partition coefficient (Wildman–Crippen LogP) is 5.19. The lowest BCUT2D eigenvalue weighted by molar-refractivity contribution is -0.136. The number of carbonyl (C=O) groups excluding carboxylic acids is 5. The molecule has 1 aliphatic carbocycles. The Kier molecular flexibility index (Phi) is 18.3. The van der Waals surface area contributed by atoms with Crippen LogP contribution in [0.15, 0.2) is 128 Å². The van der Waals surface area contributed by atoms with E-state index in [1.54, 1.807) is 32.3 Å². The van der Waals surface area contributed by atoms with Crippen molar-refractivity contribution in [1.82, 2.24) is 36.1 Å². The number of rotatable bonds is 23. The van der Waals surface area contributed by atoms with Crippen LogP contribution in [0.3, 0.4) is 0 Å². The summed E-state index contributed by atoms with van der Waals surface area (Å²) in [6, 6.07) is 31.9. The summed E-state index contributed by atoms with van der Waals surface area (Å²) in [5, 5.41) is 14.1. The van der Waals surface area contributed by atoms with Gasteiger partial charge in [0, 0.05) is 38.0 Å². The van der Waals surface area contributed by atoms with Crippen LogP contribution in [0.1, 0.15) is 73.9 Å². The molecular weight excluding hydrogens is 823 g/mol. The van der Waals surface area contributed by atoms with E-state index in [0.29, 0.717) is 36.7 Å². The zero-order valence-electron chi connectivity index (χ0n) is 37.2. The van der Waals surface area contributed by atoms with Crippen LogP contribution in [0, 0.1) is 5.92 Å². The molecule has 14 nitrogen and oxygen atoms in total. The van der Waals surface area contributed by atoms with Gasteiger partial charge in [0.15, 0.2) is 0 Å². The molecule has 1 aromatic heterocycles. The third-order valence-corrected chi connectivity index (χ3v) is 11.3. The first-order valence-electron chi connectivity index (χ1n) is 22.5. The molecule has 4 atom stereocenters. The third kappa shape index (κ3) is 15.5. The molecule has 0 bridgehead atoms. The molecule has 5 N–H and O–H groups in total. The molecule has 0 aliphatic heterocycles. The lowest BCUT2D eigenvalue weighted by Crippen LogP contribution is -2.59. The normalized spacial score (nSPS) is 14.5. The smallest absolute Gasteiger partial charge is 0.245 e. The molecule has 0 radical (unpaired) electrons. The van der Waals surface area contributed by atoms with Crippen molar-refractivity contribution in [3.8, 4) is 5.75 Å².